The number of H-pyrrole nitrogens is 1. The standard InChI is InChI=1S/C16H16FN3/c1-16(2)6-5-12(13-9-19-20-15(13)16)10-3-4-11(8-18)14(17)7-10/h3-4,7,9,12H,5-6H2,1-2H3,(H,19,20). The normalized spacial score (nSPS) is 20.2. The van der Waals surface area contributed by atoms with Crippen LogP contribution in [0.5, 0.6) is 0 Å². The number of benzene rings is 1. The number of hydrogen-bond donors (Lipinski definition) is 1. The highest BCUT2D eigenvalue weighted by atomic mass is 19.1. The van der Waals surface area contributed by atoms with Crippen molar-refractivity contribution in [1.29, 1.82) is 5.26 Å². The SMILES string of the molecule is CC1(C)CCC(c2ccc(C#N)c(F)c2)c2c[nH]nc21. The van der Waals surface area contributed by atoms with Gasteiger partial charge in [-0.2, -0.15) is 10.4 Å². The lowest BCUT2D eigenvalue weighted by atomic mass is 9.70. The zero-order valence-corrected chi connectivity index (χ0v) is 11.6. The van der Waals surface area contributed by atoms with Crippen molar-refractivity contribution in [3.8, 4) is 6.07 Å². The van der Waals surface area contributed by atoms with E-state index in [0.29, 0.717) is 0 Å². The van der Waals surface area contributed by atoms with Gasteiger partial charge in [-0.3, -0.25) is 5.10 Å². The number of hydrogen-bond acceptors (Lipinski definition) is 2. The highest BCUT2D eigenvalue weighted by Gasteiger charge is 2.35. The molecule has 0 saturated carbocycles. The van der Waals surface area contributed by atoms with E-state index in [0.717, 1.165) is 29.7 Å². The Morgan fingerprint density at radius 2 is 2.25 bits per heavy atom. The van der Waals surface area contributed by atoms with Gasteiger partial charge >= 0.3 is 0 Å². The zero-order chi connectivity index (χ0) is 14.3. The number of nitrogens with one attached hydrogen (secondary N) is 1. The second kappa shape index (κ2) is 4.45. The van der Waals surface area contributed by atoms with E-state index in [1.165, 1.54) is 6.07 Å². The Morgan fingerprint density at radius 3 is 2.95 bits per heavy atom. The summed E-state index contributed by atoms with van der Waals surface area (Å²) in [6.45, 7) is 4.37. The third-order valence-electron chi connectivity index (χ3n) is 4.26. The molecule has 0 fully saturated rings. The molecule has 3 rings (SSSR count). The first-order chi connectivity index (χ1) is 9.53. The van der Waals surface area contributed by atoms with Crippen molar-refractivity contribution in [1.82, 2.24) is 10.2 Å². The van der Waals surface area contributed by atoms with Gasteiger partial charge in [-0.25, -0.2) is 4.39 Å². The minimum Gasteiger partial charge on any atom is -0.285 e. The smallest absolute Gasteiger partial charge is 0.141 e. The van der Waals surface area contributed by atoms with Crippen LogP contribution >= 0.6 is 0 Å². The minimum atomic E-state index is -0.445. The van der Waals surface area contributed by atoms with Crippen molar-refractivity contribution in [3.63, 3.8) is 0 Å². The van der Waals surface area contributed by atoms with Crippen molar-refractivity contribution in [2.24, 2.45) is 0 Å². The summed E-state index contributed by atoms with van der Waals surface area (Å²) < 4.78 is 13.8. The van der Waals surface area contributed by atoms with Gasteiger partial charge in [0, 0.05) is 23.1 Å². The average molecular weight is 269 g/mol. The molecule has 1 aromatic heterocycles. The molecule has 0 spiro atoms. The maximum atomic E-state index is 13.8. The van der Waals surface area contributed by atoms with Crippen LogP contribution in [0, 0.1) is 17.1 Å². The number of halogens is 1. The number of rotatable bonds is 1. The van der Waals surface area contributed by atoms with Crippen LogP contribution in [-0.2, 0) is 5.41 Å². The summed E-state index contributed by atoms with van der Waals surface area (Å²) in [6.07, 6.45) is 3.89. The highest BCUT2D eigenvalue weighted by Crippen LogP contribution is 2.44. The summed E-state index contributed by atoms with van der Waals surface area (Å²) in [5, 5.41) is 16.1. The van der Waals surface area contributed by atoms with Gasteiger partial charge in [0.2, 0.25) is 0 Å². The van der Waals surface area contributed by atoms with E-state index in [9.17, 15) is 4.39 Å². The van der Waals surface area contributed by atoms with Gasteiger partial charge in [0.15, 0.2) is 0 Å². The van der Waals surface area contributed by atoms with Crippen molar-refractivity contribution in [2.45, 2.75) is 38.0 Å². The Kier molecular flexibility index (Phi) is 2.86. The molecule has 0 bridgehead atoms. The lowest BCUT2D eigenvalue weighted by molar-refractivity contribution is 0.401. The van der Waals surface area contributed by atoms with Crippen molar-refractivity contribution in [3.05, 3.63) is 52.6 Å². The van der Waals surface area contributed by atoms with Crippen molar-refractivity contribution >= 4 is 0 Å². The van der Waals surface area contributed by atoms with Crippen LogP contribution in [-0.4, -0.2) is 10.2 Å². The van der Waals surface area contributed by atoms with Crippen LogP contribution in [0.25, 0.3) is 0 Å². The van der Waals surface area contributed by atoms with Crippen LogP contribution in [0.1, 0.15) is 55.0 Å². The number of aromatic nitrogens is 2. The van der Waals surface area contributed by atoms with Gasteiger partial charge in [0.1, 0.15) is 11.9 Å². The fraction of sp³-hybridized carbons (Fsp3) is 0.375. The lowest BCUT2D eigenvalue weighted by Gasteiger charge is -2.33. The second-order valence-corrected chi connectivity index (χ2v) is 6.02. The molecule has 4 heteroatoms. The molecule has 1 aliphatic carbocycles. The zero-order valence-electron chi connectivity index (χ0n) is 11.6. The van der Waals surface area contributed by atoms with Gasteiger partial charge in [-0.15, -0.1) is 0 Å². The molecular formula is C16H16FN3. The predicted molar refractivity (Wildman–Crippen MR) is 73.8 cm³/mol. The van der Waals surface area contributed by atoms with Crippen LogP contribution in [0.15, 0.2) is 24.4 Å². The Bertz CT molecular complexity index is 694. The largest absolute Gasteiger partial charge is 0.285 e. The van der Waals surface area contributed by atoms with Gasteiger partial charge < -0.3 is 0 Å². The molecule has 3 nitrogen and oxygen atoms in total. The fourth-order valence-corrected chi connectivity index (χ4v) is 3.07. The van der Waals surface area contributed by atoms with Crippen LogP contribution in [0.3, 0.4) is 0 Å². The summed E-state index contributed by atoms with van der Waals surface area (Å²) in [6, 6.07) is 6.75. The first-order valence-electron chi connectivity index (χ1n) is 6.76. The number of fused-ring (bicyclic) bond motifs is 1. The number of nitrogens with zero attached hydrogens (tertiary/aromatic N) is 2. The molecule has 1 unspecified atom stereocenters. The first kappa shape index (κ1) is 12.9. The van der Waals surface area contributed by atoms with Crippen LogP contribution in [0.2, 0.25) is 0 Å². The minimum absolute atomic E-state index is 0.0526. The topological polar surface area (TPSA) is 52.5 Å². The summed E-state index contributed by atoms with van der Waals surface area (Å²) in [5.41, 5.74) is 3.28. The molecule has 0 aliphatic heterocycles. The lowest BCUT2D eigenvalue weighted by Crippen LogP contribution is -2.26. The van der Waals surface area contributed by atoms with E-state index in [2.05, 4.69) is 24.0 Å². The summed E-state index contributed by atoms with van der Waals surface area (Å²) >= 11 is 0. The van der Waals surface area contributed by atoms with Gasteiger partial charge in [-0.1, -0.05) is 19.9 Å². The van der Waals surface area contributed by atoms with E-state index in [1.807, 2.05) is 18.3 Å². The molecule has 0 saturated heterocycles. The molecule has 102 valence electrons. The Balaban J connectivity index is 2.05. The Morgan fingerprint density at radius 1 is 1.45 bits per heavy atom. The third kappa shape index (κ3) is 1.90. The molecule has 1 heterocycles. The average Bonchev–Trinajstić information content (AvgIpc) is 2.89. The molecule has 20 heavy (non-hydrogen) atoms. The van der Waals surface area contributed by atoms with Gasteiger partial charge in [-0.05, 0) is 30.5 Å². The summed E-state index contributed by atoms with van der Waals surface area (Å²) in [7, 11) is 0. The fourth-order valence-electron chi connectivity index (χ4n) is 3.07. The first-order valence-corrected chi connectivity index (χ1v) is 6.76. The maximum absolute atomic E-state index is 13.8. The molecule has 1 N–H and O–H groups in total. The quantitative estimate of drug-likeness (QED) is 0.859. The maximum Gasteiger partial charge on any atom is 0.141 e. The third-order valence-corrected chi connectivity index (χ3v) is 4.26. The molecule has 0 radical (unpaired) electrons. The summed E-state index contributed by atoms with van der Waals surface area (Å²) in [5.74, 6) is -0.293. The molecular weight excluding hydrogens is 253 g/mol. The van der Waals surface area contributed by atoms with Crippen LogP contribution < -0.4 is 0 Å². The number of aromatic amines is 1. The monoisotopic (exact) mass is 269 g/mol. The molecule has 1 aromatic carbocycles. The highest BCUT2D eigenvalue weighted by molar-refractivity contribution is 5.42. The van der Waals surface area contributed by atoms with E-state index in [4.69, 9.17) is 5.26 Å². The molecule has 2 aromatic rings. The predicted octanol–water partition coefficient (Wildman–Crippen LogP) is 3.62. The van der Waals surface area contributed by atoms with Gasteiger partial charge in [0.05, 0.1) is 11.3 Å². The van der Waals surface area contributed by atoms with E-state index in [1.54, 1.807) is 6.07 Å². The van der Waals surface area contributed by atoms with E-state index < -0.39 is 5.82 Å². The van der Waals surface area contributed by atoms with E-state index >= 15 is 0 Å². The Hall–Kier alpha value is -2.15. The second-order valence-electron chi connectivity index (χ2n) is 6.02. The molecule has 0 amide bonds. The van der Waals surface area contributed by atoms with Crippen molar-refractivity contribution < 1.29 is 4.39 Å². The van der Waals surface area contributed by atoms with E-state index in [-0.39, 0.29) is 16.9 Å². The summed E-state index contributed by atoms with van der Waals surface area (Å²) in [4.78, 5) is 0. The van der Waals surface area contributed by atoms with Crippen LogP contribution in [0.4, 0.5) is 4.39 Å². The Labute approximate surface area is 117 Å². The van der Waals surface area contributed by atoms with Crippen molar-refractivity contribution in [2.75, 3.05) is 0 Å². The number of nitriles is 1. The van der Waals surface area contributed by atoms with Gasteiger partial charge in [0.25, 0.3) is 0 Å². The molecule has 1 aliphatic rings. The molecule has 1 atom stereocenters.